The van der Waals surface area contributed by atoms with Crippen LogP contribution in [0.25, 0.3) is 38.8 Å². The predicted molar refractivity (Wildman–Crippen MR) is 144 cm³/mol. The standard InChI is InChI=1S/C29H25N7/c30-25(16-20-6-2-1-3-7-20)18-32-29-34-27(22-12-14-31-15-13-22)26(28-35-33-19-36(28)29)24-11-10-21-8-4-5-9-23(21)17-24/h1-15,17,19,25H,16,18,30H2,(H,32,34)/t25-/m1/s1. The van der Waals surface area contributed by atoms with Crippen molar-refractivity contribution in [1.82, 2.24) is 24.6 Å². The molecule has 0 radical (unpaired) electrons. The van der Waals surface area contributed by atoms with Crippen molar-refractivity contribution >= 4 is 22.4 Å². The van der Waals surface area contributed by atoms with Gasteiger partial charge in [-0.1, -0.05) is 66.7 Å². The molecule has 0 fully saturated rings. The maximum atomic E-state index is 6.46. The summed E-state index contributed by atoms with van der Waals surface area (Å²) in [5.41, 5.74) is 12.1. The molecule has 3 heterocycles. The van der Waals surface area contributed by atoms with Crippen molar-refractivity contribution in [2.75, 3.05) is 11.9 Å². The van der Waals surface area contributed by atoms with Crippen LogP contribution >= 0.6 is 0 Å². The first kappa shape index (κ1) is 21.9. The summed E-state index contributed by atoms with van der Waals surface area (Å²) in [4.78, 5) is 9.26. The maximum Gasteiger partial charge on any atom is 0.210 e. The molecule has 6 aromatic rings. The molecule has 0 saturated heterocycles. The van der Waals surface area contributed by atoms with Crippen LogP contribution in [0.5, 0.6) is 0 Å². The summed E-state index contributed by atoms with van der Waals surface area (Å²) in [7, 11) is 0. The monoisotopic (exact) mass is 471 g/mol. The number of hydrogen-bond acceptors (Lipinski definition) is 6. The second kappa shape index (κ2) is 9.56. The van der Waals surface area contributed by atoms with Gasteiger partial charge in [-0.05, 0) is 46.5 Å². The van der Waals surface area contributed by atoms with Crippen molar-refractivity contribution in [2.45, 2.75) is 12.5 Å². The predicted octanol–water partition coefficient (Wildman–Crippen LogP) is 4.99. The molecule has 6 rings (SSSR count). The quantitative estimate of drug-likeness (QED) is 0.341. The maximum absolute atomic E-state index is 6.46. The first-order chi connectivity index (χ1) is 17.8. The Bertz CT molecular complexity index is 1630. The molecular weight excluding hydrogens is 446 g/mol. The molecule has 7 heteroatoms. The Morgan fingerprint density at radius 2 is 1.61 bits per heavy atom. The lowest BCUT2D eigenvalue weighted by Gasteiger charge is -2.17. The first-order valence-electron chi connectivity index (χ1n) is 11.9. The van der Waals surface area contributed by atoms with Gasteiger partial charge in [0.15, 0.2) is 5.65 Å². The highest BCUT2D eigenvalue weighted by Crippen LogP contribution is 2.36. The Labute approximate surface area is 208 Å². The number of hydrogen-bond donors (Lipinski definition) is 2. The smallest absolute Gasteiger partial charge is 0.210 e. The summed E-state index contributed by atoms with van der Waals surface area (Å²) in [6.07, 6.45) is 6.01. The molecule has 0 bridgehead atoms. The molecule has 0 saturated carbocycles. The SMILES string of the molecule is N[C@@H](CNc1nc(-c2ccncc2)c(-c2ccc3ccccc3c2)c2nncn12)Cc1ccccc1. The van der Waals surface area contributed by atoms with Gasteiger partial charge in [0.05, 0.1) is 11.3 Å². The molecule has 0 aliphatic carbocycles. The second-order valence-corrected chi connectivity index (χ2v) is 8.81. The normalized spacial score (nSPS) is 12.1. The van der Waals surface area contributed by atoms with Crippen LogP contribution in [0.3, 0.4) is 0 Å². The van der Waals surface area contributed by atoms with Crippen molar-refractivity contribution in [1.29, 1.82) is 0 Å². The summed E-state index contributed by atoms with van der Waals surface area (Å²) >= 11 is 0. The molecule has 3 aromatic heterocycles. The Balaban J connectivity index is 1.43. The second-order valence-electron chi connectivity index (χ2n) is 8.81. The minimum atomic E-state index is -0.0785. The lowest BCUT2D eigenvalue weighted by Crippen LogP contribution is -2.32. The molecule has 1 atom stereocenters. The number of aromatic nitrogens is 5. The molecule has 0 spiro atoms. The minimum absolute atomic E-state index is 0.0785. The molecule has 0 unspecified atom stereocenters. The van der Waals surface area contributed by atoms with Gasteiger partial charge in [0.25, 0.3) is 0 Å². The van der Waals surface area contributed by atoms with Crippen molar-refractivity contribution in [3.63, 3.8) is 0 Å². The van der Waals surface area contributed by atoms with Crippen LogP contribution in [0.1, 0.15) is 5.56 Å². The summed E-state index contributed by atoms with van der Waals surface area (Å²) in [5, 5.41) is 14.5. The fourth-order valence-electron chi connectivity index (χ4n) is 4.55. The number of pyridine rings is 1. The Morgan fingerprint density at radius 1 is 0.833 bits per heavy atom. The van der Waals surface area contributed by atoms with Crippen molar-refractivity contribution in [3.05, 3.63) is 109 Å². The lowest BCUT2D eigenvalue weighted by molar-refractivity contribution is 0.695. The highest BCUT2D eigenvalue weighted by Gasteiger charge is 2.19. The third-order valence-electron chi connectivity index (χ3n) is 6.31. The number of anilines is 1. The molecule has 176 valence electrons. The van der Waals surface area contributed by atoms with Gasteiger partial charge in [0.2, 0.25) is 5.95 Å². The zero-order chi connectivity index (χ0) is 24.3. The van der Waals surface area contributed by atoms with Gasteiger partial charge in [-0.2, -0.15) is 0 Å². The zero-order valence-electron chi connectivity index (χ0n) is 19.6. The number of nitrogens with zero attached hydrogens (tertiary/aromatic N) is 5. The number of fused-ring (bicyclic) bond motifs is 2. The molecule has 0 amide bonds. The van der Waals surface area contributed by atoms with Crippen LogP contribution in [-0.2, 0) is 6.42 Å². The molecule has 3 N–H and O–H groups in total. The van der Waals surface area contributed by atoms with E-state index >= 15 is 0 Å². The van der Waals surface area contributed by atoms with Crippen LogP contribution in [0, 0.1) is 0 Å². The van der Waals surface area contributed by atoms with E-state index in [1.165, 1.54) is 10.9 Å². The largest absolute Gasteiger partial charge is 0.354 e. The summed E-state index contributed by atoms with van der Waals surface area (Å²) in [5.74, 6) is 0.648. The van der Waals surface area contributed by atoms with E-state index in [1.54, 1.807) is 18.7 Å². The molecule has 36 heavy (non-hydrogen) atoms. The van der Waals surface area contributed by atoms with Crippen LogP contribution in [0.15, 0.2) is 104 Å². The number of rotatable bonds is 7. The van der Waals surface area contributed by atoms with E-state index in [1.807, 2.05) is 46.9 Å². The molecular formula is C29H25N7. The van der Waals surface area contributed by atoms with Gasteiger partial charge in [0.1, 0.15) is 6.33 Å². The van der Waals surface area contributed by atoms with E-state index in [2.05, 4.69) is 63.0 Å². The average Bonchev–Trinajstić information content (AvgIpc) is 3.42. The topological polar surface area (TPSA) is 94.0 Å². The Hall–Kier alpha value is -4.62. The van der Waals surface area contributed by atoms with Gasteiger partial charge in [-0.3, -0.25) is 9.38 Å². The number of benzene rings is 3. The van der Waals surface area contributed by atoms with E-state index < -0.39 is 0 Å². The summed E-state index contributed by atoms with van der Waals surface area (Å²) < 4.78 is 1.89. The van der Waals surface area contributed by atoms with E-state index in [9.17, 15) is 0 Å². The van der Waals surface area contributed by atoms with Gasteiger partial charge in [-0.15, -0.1) is 10.2 Å². The Kier molecular flexibility index (Phi) is 5.81. The van der Waals surface area contributed by atoms with Crippen LogP contribution < -0.4 is 11.1 Å². The molecule has 0 aliphatic heterocycles. The molecule has 0 aliphatic rings. The third kappa shape index (κ3) is 4.28. The fraction of sp³-hybridized carbons (Fsp3) is 0.103. The average molecular weight is 472 g/mol. The van der Waals surface area contributed by atoms with Gasteiger partial charge < -0.3 is 11.1 Å². The zero-order valence-corrected chi connectivity index (χ0v) is 19.6. The minimum Gasteiger partial charge on any atom is -0.354 e. The van der Waals surface area contributed by atoms with Crippen LogP contribution in [0.4, 0.5) is 5.95 Å². The number of nitrogens with one attached hydrogen (secondary N) is 1. The van der Waals surface area contributed by atoms with Crippen LogP contribution in [0.2, 0.25) is 0 Å². The Morgan fingerprint density at radius 3 is 2.44 bits per heavy atom. The van der Waals surface area contributed by atoms with E-state index in [4.69, 9.17) is 10.7 Å². The first-order valence-corrected chi connectivity index (χ1v) is 11.9. The fourth-order valence-corrected chi connectivity index (χ4v) is 4.55. The van der Waals surface area contributed by atoms with Crippen molar-refractivity contribution < 1.29 is 0 Å². The summed E-state index contributed by atoms with van der Waals surface area (Å²) in [6, 6.07) is 28.8. The molecule has 7 nitrogen and oxygen atoms in total. The highest BCUT2D eigenvalue weighted by atomic mass is 15.3. The van der Waals surface area contributed by atoms with E-state index in [0.29, 0.717) is 12.5 Å². The van der Waals surface area contributed by atoms with Gasteiger partial charge in [-0.25, -0.2) is 4.98 Å². The van der Waals surface area contributed by atoms with Gasteiger partial charge >= 0.3 is 0 Å². The van der Waals surface area contributed by atoms with Crippen molar-refractivity contribution in [3.8, 4) is 22.4 Å². The number of nitrogens with two attached hydrogens (primary N) is 1. The third-order valence-corrected chi connectivity index (χ3v) is 6.31. The van der Waals surface area contributed by atoms with Crippen molar-refractivity contribution in [2.24, 2.45) is 5.73 Å². The van der Waals surface area contributed by atoms with Gasteiger partial charge in [0, 0.05) is 30.5 Å². The highest BCUT2D eigenvalue weighted by molar-refractivity contribution is 5.95. The van der Waals surface area contributed by atoms with Crippen LogP contribution in [-0.4, -0.2) is 37.2 Å². The van der Waals surface area contributed by atoms with E-state index in [0.717, 1.165) is 39.8 Å². The lowest BCUT2D eigenvalue weighted by atomic mass is 9.98. The summed E-state index contributed by atoms with van der Waals surface area (Å²) in [6.45, 7) is 0.556. The molecule has 3 aromatic carbocycles. The van der Waals surface area contributed by atoms with E-state index in [-0.39, 0.29) is 6.04 Å².